The molecule has 11 aromatic rings. The number of rotatable bonds is 5. The van der Waals surface area contributed by atoms with Crippen LogP contribution in [0, 0.1) is 0 Å². The fourth-order valence-electron chi connectivity index (χ4n) is 8.93. The largest absolute Gasteiger partial charge is 0.456 e. The lowest BCUT2D eigenvalue weighted by Gasteiger charge is -2.29. The van der Waals surface area contributed by atoms with Gasteiger partial charge in [0.05, 0.1) is 0 Å². The van der Waals surface area contributed by atoms with Gasteiger partial charge in [0.15, 0.2) is 0 Å². The molecule has 0 fully saturated rings. The van der Waals surface area contributed by atoms with Gasteiger partial charge in [0.25, 0.3) is 0 Å². The molecule has 0 bridgehead atoms. The molecule has 3 heterocycles. The van der Waals surface area contributed by atoms with Gasteiger partial charge in [-0.05, 0) is 77.5 Å². The summed E-state index contributed by atoms with van der Waals surface area (Å²) in [6, 6.07) is 58.7. The fraction of sp³-hybridized carbons (Fsp3) is 0.0385. The SMILES string of the molecule is C1=CC(c2ccc3c(c2)oc2c4ccccc4c(-c4cccc5c4sc4ccccc45)cc32)CC=C1N(c1ccccc1)c1ccc2c(c1)oc1ccccc12. The molecule has 4 heteroatoms. The Hall–Kier alpha value is -6.88. The minimum Gasteiger partial charge on any atom is -0.456 e. The Morgan fingerprint density at radius 1 is 0.482 bits per heavy atom. The van der Waals surface area contributed by atoms with Crippen molar-refractivity contribution in [3.05, 3.63) is 193 Å². The van der Waals surface area contributed by atoms with Crippen LogP contribution in [0.15, 0.2) is 197 Å². The number of para-hydroxylation sites is 2. The number of fused-ring (bicyclic) bond motifs is 11. The highest BCUT2D eigenvalue weighted by atomic mass is 32.1. The van der Waals surface area contributed by atoms with Crippen LogP contribution < -0.4 is 4.90 Å². The molecule has 3 nitrogen and oxygen atoms in total. The van der Waals surface area contributed by atoms with Crippen molar-refractivity contribution in [1.29, 1.82) is 0 Å². The van der Waals surface area contributed by atoms with Crippen molar-refractivity contribution in [2.45, 2.75) is 12.3 Å². The summed E-state index contributed by atoms with van der Waals surface area (Å²) in [5.41, 5.74) is 10.7. The lowest BCUT2D eigenvalue weighted by Crippen LogP contribution is -2.17. The van der Waals surface area contributed by atoms with Gasteiger partial charge < -0.3 is 13.7 Å². The van der Waals surface area contributed by atoms with Crippen molar-refractivity contribution < 1.29 is 8.83 Å². The second-order valence-electron chi connectivity index (χ2n) is 14.8. The fourth-order valence-corrected chi connectivity index (χ4v) is 10.2. The predicted molar refractivity (Wildman–Crippen MR) is 236 cm³/mol. The van der Waals surface area contributed by atoms with E-state index in [1.165, 1.54) is 42.2 Å². The second kappa shape index (κ2) is 12.3. The van der Waals surface area contributed by atoms with E-state index in [0.29, 0.717) is 0 Å². The number of thiophene rings is 1. The third kappa shape index (κ3) is 4.83. The molecular formula is C52H33NO2S. The molecular weight excluding hydrogens is 703 g/mol. The van der Waals surface area contributed by atoms with Crippen molar-refractivity contribution >= 4 is 97.5 Å². The quantitative estimate of drug-likeness (QED) is 0.176. The third-order valence-corrected chi connectivity index (χ3v) is 12.8. The molecule has 1 aliphatic carbocycles. The van der Waals surface area contributed by atoms with Crippen LogP contribution in [0.1, 0.15) is 17.9 Å². The molecule has 0 radical (unpaired) electrons. The van der Waals surface area contributed by atoms with Gasteiger partial charge in [0, 0.05) is 81.7 Å². The van der Waals surface area contributed by atoms with Gasteiger partial charge in [-0.15, -0.1) is 11.3 Å². The zero-order valence-electron chi connectivity index (χ0n) is 30.3. The molecule has 1 unspecified atom stereocenters. The Balaban J connectivity index is 0.921. The summed E-state index contributed by atoms with van der Waals surface area (Å²) < 4.78 is 15.7. The van der Waals surface area contributed by atoms with Gasteiger partial charge in [0.1, 0.15) is 22.3 Å². The highest BCUT2D eigenvalue weighted by Crippen LogP contribution is 2.46. The monoisotopic (exact) mass is 735 g/mol. The van der Waals surface area contributed by atoms with Crippen molar-refractivity contribution in [1.82, 2.24) is 0 Å². The summed E-state index contributed by atoms with van der Waals surface area (Å²) in [5, 5.41) is 9.54. The average molecular weight is 736 g/mol. The first kappa shape index (κ1) is 31.5. The van der Waals surface area contributed by atoms with Crippen LogP contribution in [-0.4, -0.2) is 0 Å². The summed E-state index contributed by atoms with van der Waals surface area (Å²) in [5.74, 6) is 0.227. The molecule has 1 aliphatic rings. The Labute approximate surface area is 326 Å². The molecule has 0 amide bonds. The highest BCUT2D eigenvalue weighted by molar-refractivity contribution is 7.26. The molecule has 12 rings (SSSR count). The van der Waals surface area contributed by atoms with E-state index < -0.39 is 0 Å². The maximum Gasteiger partial charge on any atom is 0.143 e. The summed E-state index contributed by atoms with van der Waals surface area (Å²) in [4.78, 5) is 2.32. The average Bonchev–Trinajstić information content (AvgIpc) is 3.95. The zero-order valence-corrected chi connectivity index (χ0v) is 31.1. The molecule has 264 valence electrons. The van der Waals surface area contributed by atoms with Crippen LogP contribution in [0.5, 0.6) is 0 Å². The van der Waals surface area contributed by atoms with Crippen LogP contribution in [0.2, 0.25) is 0 Å². The Bertz CT molecular complexity index is 3420. The summed E-state index contributed by atoms with van der Waals surface area (Å²) in [7, 11) is 0. The smallest absolute Gasteiger partial charge is 0.143 e. The van der Waals surface area contributed by atoms with Gasteiger partial charge >= 0.3 is 0 Å². The van der Waals surface area contributed by atoms with Gasteiger partial charge in [-0.25, -0.2) is 0 Å². The maximum absolute atomic E-state index is 6.80. The summed E-state index contributed by atoms with van der Waals surface area (Å²) >= 11 is 1.88. The van der Waals surface area contributed by atoms with Gasteiger partial charge in [-0.2, -0.15) is 0 Å². The van der Waals surface area contributed by atoms with Crippen LogP contribution >= 0.6 is 11.3 Å². The Kier molecular flexibility index (Phi) is 6.92. The third-order valence-electron chi connectivity index (χ3n) is 11.6. The van der Waals surface area contributed by atoms with E-state index in [1.54, 1.807) is 0 Å². The van der Waals surface area contributed by atoms with Crippen molar-refractivity contribution in [2.75, 3.05) is 4.90 Å². The molecule has 8 aromatic carbocycles. The lowest BCUT2D eigenvalue weighted by molar-refractivity contribution is 0.669. The minimum atomic E-state index is 0.227. The molecule has 0 spiro atoms. The predicted octanol–water partition coefficient (Wildman–Crippen LogP) is 15.4. The number of benzene rings is 8. The molecule has 1 atom stereocenters. The lowest BCUT2D eigenvalue weighted by atomic mass is 9.90. The first-order chi connectivity index (χ1) is 27.7. The second-order valence-corrected chi connectivity index (χ2v) is 15.8. The van der Waals surface area contributed by atoms with Crippen LogP contribution in [0.3, 0.4) is 0 Å². The minimum absolute atomic E-state index is 0.227. The first-order valence-corrected chi connectivity index (χ1v) is 20.0. The molecule has 0 aliphatic heterocycles. The zero-order chi connectivity index (χ0) is 36.7. The van der Waals surface area contributed by atoms with Crippen molar-refractivity contribution in [3.63, 3.8) is 0 Å². The van der Waals surface area contributed by atoms with Crippen molar-refractivity contribution in [2.24, 2.45) is 0 Å². The Morgan fingerprint density at radius 3 is 2.07 bits per heavy atom. The van der Waals surface area contributed by atoms with Crippen LogP contribution in [0.4, 0.5) is 11.4 Å². The number of anilines is 2. The molecule has 3 aromatic heterocycles. The van der Waals surface area contributed by atoms with Gasteiger partial charge in [0.2, 0.25) is 0 Å². The van der Waals surface area contributed by atoms with Crippen LogP contribution in [0.25, 0.3) is 85.9 Å². The number of hydrogen-bond donors (Lipinski definition) is 0. The van der Waals surface area contributed by atoms with Gasteiger partial charge in [-0.3, -0.25) is 0 Å². The number of allylic oxidation sites excluding steroid dienone is 3. The number of nitrogens with zero attached hydrogens (tertiary/aromatic N) is 1. The summed E-state index contributed by atoms with van der Waals surface area (Å²) in [6.07, 6.45) is 7.84. The number of hydrogen-bond acceptors (Lipinski definition) is 4. The van der Waals surface area contributed by atoms with Crippen molar-refractivity contribution in [3.8, 4) is 11.1 Å². The van der Waals surface area contributed by atoms with E-state index in [2.05, 4.69) is 175 Å². The van der Waals surface area contributed by atoms with E-state index in [1.807, 2.05) is 23.5 Å². The topological polar surface area (TPSA) is 29.5 Å². The molecule has 0 saturated heterocycles. The van der Waals surface area contributed by atoms with Crippen LogP contribution in [-0.2, 0) is 0 Å². The molecule has 56 heavy (non-hydrogen) atoms. The highest BCUT2D eigenvalue weighted by Gasteiger charge is 2.22. The summed E-state index contributed by atoms with van der Waals surface area (Å²) in [6.45, 7) is 0. The standard InChI is InChI=1S/C52H33NO2S/c1-2-11-34(12-3-1)53(36-26-28-39-38-14-6-8-19-47(38)54-49(39)30-36)35-24-21-32(22-25-35)33-23-27-40-46-31-45(37-13-4-5-16-42(37)51(46)55-48(40)29-33)44-18-10-17-43-41-15-7-9-20-50(41)56-52(43)44/h1-21,23-32H,22H2. The molecule has 0 saturated carbocycles. The van der Waals surface area contributed by atoms with E-state index in [0.717, 1.165) is 72.8 Å². The number of furan rings is 2. The van der Waals surface area contributed by atoms with E-state index in [4.69, 9.17) is 8.83 Å². The van der Waals surface area contributed by atoms with E-state index >= 15 is 0 Å². The first-order valence-electron chi connectivity index (χ1n) is 19.2. The Morgan fingerprint density at radius 2 is 1.20 bits per heavy atom. The normalized spacial score (nSPS) is 14.6. The van der Waals surface area contributed by atoms with E-state index in [-0.39, 0.29) is 5.92 Å². The van der Waals surface area contributed by atoms with Gasteiger partial charge in [-0.1, -0.05) is 121 Å². The molecule has 0 N–H and O–H groups in total. The van der Waals surface area contributed by atoms with E-state index in [9.17, 15) is 0 Å². The maximum atomic E-state index is 6.80.